The van der Waals surface area contributed by atoms with E-state index in [1.54, 1.807) is 0 Å². The fraction of sp³-hybridized carbons (Fsp3) is 0.200. The zero-order valence-electron chi connectivity index (χ0n) is 8.56. The molecule has 0 radical (unpaired) electrons. The second kappa shape index (κ2) is 5.97. The van der Waals surface area contributed by atoms with Crippen LogP contribution in [0.5, 0.6) is 0 Å². The molecule has 1 heterocycles. The third-order valence-electron chi connectivity index (χ3n) is 1.94. The Morgan fingerprint density at radius 3 is 2.62 bits per heavy atom. The number of hydrogen-bond acceptors (Lipinski definition) is 3. The van der Waals surface area contributed by atoms with Gasteiger partial charge in [-0.25, -0.2) is 4.79 Å². The van der Waals surface area contributed by atoms with Crippen molar-refractivity contribution >= 4 is 30.1 Å². The first kappa shape index (κ1) is 12.3. The first-order valence-corrected chi connectivity index (χ1v) is 4.76. The molecule has 1 aromatic rings. The number of carbonyl (C=O) groups is 1. The number of urea groups is 1. The van der Waals surface area contributed by atoms with Gasteiger partial charge in [0.05, 0.1) is 6.54 Å². The molecular formula is C10H13ClN4O. The second-order valence-electron chi connectivity index (χ2n) is 3.10. The summed E-state index contributed by atoms with van der Waals surface area (Å²) in [5.41, 5.74) is 0.758. The SMILES string of the molecule is Cl.O=C(NC1=NCCN1)Nc1ccccc1. The molecule has 86 valence electrons. The van der Waals surface area contributed by atoms with E-state index in [9.17, 15) is 4.79 Å². The number of amides is 2. The number of nitrogens with zero attached hydrogens (tertiary/aromatic N) is 1. The van der Waals surface area contributed by atoms with Crippen molar-refractivity contribution < 1.29 is 4.79 Å². The van der Waals surface area contributed by atoms with E-state index in [1.165, 1.54) is 0 Å². The molecule has 1 aliphatic heterocycles. The third kappa shape index (κ3) is 3.43. The second-order valence-corrected chi connectivity index (χ2v) is 3.10. The van der Waals surface area contributed by atoms with E-state index in [2.05, 4.69) is 20.9 Å². The highest BCUT2D eigenvalue weighted by Crippen LogP contribution is 2.03. The minimum Gasteiger partial charge on any atom is -0.354 e. The molecule has 5 nitrogen and oxygen atoms in total. The van der Waals surface area contributed by atoms with Crippen LogP contribution in [-0.2, 0) is 0 Å². The quantitative estimate of drug-likeness (QED) is 0.690. The molecule has 0 aliphatic carbocycles. The van der Waals surface area contributed by atoms with Gasteiger partial charge in [-0.3, -0.25) is 10.3 Å². The molecule has 0 atom stereocenters. The number of anilines is 1. The minimum absolute atomic E-state index is 0. The van der Waals surface area contributed by atoms with Gasteiger partial charge in [-0.1, -0.05) is 18.2 Å². The van der Waals surface area contributed by atoms with E-state index in [0.29, 0.717) is 12.5 Å². The van der Waals surface area contributed by atoms with Crippen molar-refractivity contribution in [1.29, 1.82) is 0 Å². The van der Waals surface area contributed by atoms with Crippen molar-refractivity contribution in [3.05, 3.63) is 30.3 Å². The van der Waals surface area contributed by atoms with Gasteiger partial charge >= 0.3 is 6.03 Å². The van der Waals surface area contributed by atoms with Gasteiger partial charge < -0.3 is 10.6 Å². The summed E-state index contributed by atoms with van der Waals surface area (Å²) in [6.45, 7) is 1.49. The van der Waals surface area contributed by atoms with Gasteiger partial charge in [-0.15, -0.1) is 12.4 Å². The Labute approximate surface area is 99.7 Å². The van der Waals surface area contributed by atoms with Crippen LogP contribution in [0.25, 0.3) is 0 Å². The smallest absolute Gasteiger partial charge is 0.325 e. The van der Waals surface area contributed by atoms with Crippen LogP contribution in [0.2, 0.25) is 0 Å². The number of halogens is 1. The zero-order chi connectivity index (χ0) is 10.5. The lowest BCUT2D eigenvalue weighted by molar-refractivity contribution is 0.256. The highest BCUT2D eigenvalue weighted by Gasteiger charge is 2.08. The molecule has 1 aromatic carbocycles. The number of para-hydroxylation sites is 1. The average molecular weight is 241 g/mol. The van der Waals surface area contributed by atoms with Crippen molar-refractivity contribution in [2.75, 3.05) is 18.4 Å². The standard InChI is InChI=1S/C10H12N4O.ClH/c15-10(14-9-11-6-7-12-9)13-8-4-2-1-3-5-8;/h1-5H,6-7H2,(H3,11,12,13,14,15);1H. The maximum Gasteiger partial charge on any atom is 0.325 e. The van der Waals surface area contributed by atoms with Crippen LogP contribution in [-0.4, -0.2) is 25.1 Å². The molecule has 2 amide bonds. The molecule has 1 aliphatic rings. The Hall–Kier alpha value is -1.75. The number of guanidine groups is 1. The van der Waals surface area contributed by atoms with E-state index in [1.807, 2.05) is 30.3 Å². The third-order valence-corrected chi connectivity index (χ3v) is 1.94. The Morgan fingerprint density at radius 1 is 1.25 bits per heavy atom. The zero-order valence-corrected chi connectivity index (χ0v) is 9.38. The van der Waals surface area contributed by atoms with Crippen LogP contribution in [0.3, 0.4) is 0 Å². The predicted octanol–water partition coefficient (Wildman–Crippen LogP) is 1.19. The normalized spacial score (nSPS) is 13.1. The number of aliphatic imine (C=N–C) groups is 1. The number of rotatable bonds is 1. The van der Waals surface area contributed by atoms with Crippen molar-refractivity contribution in [3.8, 4) is 0 Å². The molecule has 6 heteroatoms. The van der Waals surface area contributed by atoms with Gasteiger partial charge in [0.25, 0.3) is 0 Å². The lowest BCUT2D eigenvalue weighted by atomic mass is 10.3. The van der Waals surface area contributed by atoms with E-state index < -0.39 is 0 Å². The molecule has 3 N–H and O–H groups in total. The van der Waals surface area contributed by atoms with Gasteiger partial charge in [0.15, 0.2) is 5.96 Å². The molecule has 0 aromatic heterocycles. The topological polar surface area (TPSA) is 65.5 Å². The van der Waals surface area contributed by atoms with Crippen LogP contribution in [0.1, 0.15) is 0 Å². The van der Waals surface area contributed by atoms with Gasteiger partial charge in [-0.2, -0.15) is 0 Å². The number of carbonyl (C=O) groups excluding carboxylic acids is 1. The first-order valence-electron chi connectivity index (χ1n) is 4.76. The maximum atomic E-state index is 11.4. The summed E-state index contributed by atoms with van der Waals surface area (Å²) in [5, 5.41) is 8.27. The van der Waals surface area contributed by atoms with Crippen LogP contribution >= 0.6 is 12.4 Å². The summed E-state index contributed by atoms with van der Waals surface area (Å²) < 4.78 is 0. The van der Waals surface area contributed by atoms with Crippen molar-refractivity contribution in [2.45, 2.75) is 0 Å². The number of hydrogen-bond donors (Lipinski definition) is 3. The van der Waals surface area contributed by atoms with Gasteiger partial charge in [0, 0.05) is 12.2 Å². The Balaban J connectivity index is 0.00000128. The first-order chi connectivity index (χ1) is 7.34. The Morgan fingerprint density at radius 2 is 2.00 bits per heavy atom. The van der Waals surface area contributed by atoms with Crippen LogP contribution in [0.15, 0.2) is 35.3 Å². The monoisotopic (exact) mass is 240 g/mol. The van der Waals surface area contributed by atoms with Crippen molar-refractivity contribution in [3.63, 3.8) is 0 Å². The van der Waals surface area contributed by atoms with E-state index >= 15 is 0 Å². The van der Waals surface area contributed by atoms with Crippen LogP contribution in [0, 0.1) is 0 Å². The molecule has 2 rings (SSSR count). The molecule has 0 saturated carbocycles. The van der Waals surface area contributed by atoms with E-state index in [4.69, 9.17) is 0 Å². The van der Waals surface area contributed by atoms with Gasteiger partial charge in [0.1, 0.15) is 0 Å². The molecule has 0 fully saturated rings. The Bertz CT molecular complexity index is 380. The molecule has 0 spiro atoms. The van der Waals surface area contributed by atoms with Crippen molar-refractivity contribution in [2.24, 2.45) is 4.99 Å². The highest BCUT2D eigenvalue weighted by molar-refractivity contribution is 6.02. The summed E-state index contributed by atoms with van der Waals surface area (Å²) in [6.07, 6.45) is 0. The number of nitrogens with one attached hydrogen (secondary N) is 3. The fourth-order valence-corrected chi connectivity index (χ4v) is 1.27. The lowest BCUT2D eigenvalue weighted by Crippen LogP contribution is -2.40. The van der Waals surface area contributed by atoms with Gasteiger partial charge in [-0.05, 0) is 12.1 Å². The molecule has 0 bridgehead atoms. The molecule has 0 unspecified atom stereocenters. The molecule has 16 heavy (non-hydrogen) atoms. The summed E-state index contributed by atoms with van der Waals surface area (Å²) in [6, 6.07) is 8.98. The van der Waals surface area contributed by atoms with Crippen LogP contribution < -0.4 is 16.0 Å². The van der Waals surface area contributed by atoms with Crippen LogP contribution in [0.4, 0.5) is 10.5 Å². The molecular weight excluding hydrogens is 228 g/mol. The number of benzene rings is 1. The van der Waals surface area contributed by atoms with Gasteiger partial charge in [0.2, 0.25) is 0 Å². The lowest BCUT2D eigenvalue weighted by Gasteiger charge is -2.06. The highest BCUT2D eigenvalue weighted by atomic mass is 35.5. The fourth-order valence-electron chi connectivity index (χ4n) is 1.27. The minimum atomic E-state index is -0.283. The predicted molar refractivity (Wildman–Crippen MR) is 66.1 cm³/mol. The summed E-state index contributed by atoms with van der Waals surface area (Å²) in [4.78, 5) is 15.5. The summed E-state index contributed by atoms with van der Waals surface area (Å²) in [7, 11) is 0. The maximum absolute atomic E-state index is 11.4. The van der Waals surface area contributed by atoms with Crippen molar-refractivity contribution in [1.82, 2.24) is 10.6 Å². The molecule has 0 saturated heterocycles. The van der Waals surface area contributed by atoms with E-state index in [0.717, 1.165) is 12.2 Å². The summed E-state index contributed by atoms with van der Waals surface area (Å²) >= 11 is 0. The van der Waals surface area contributed by atoms with E-state index in [-0.39, 0.29) is 18.4 Å². The largest absolute Gasteiger partial charge is 0.354 e. The Kier molecular flexibility index (Phi) is 4.60. The summed E-state index contributed by atoms with van der Waals surface area (Å²) in [5.74, 6) is 0.531. The average Bonchev–Trinajstić information content (AvgIpc) is 2.71.